The number of carbonyl (C=O) groups is 1. The highest BCUT2D eigenvalue weighted by Crippen LogP contribution is 2.42. The Balaban J connectivity index is 1.49. The summed E-state index contributed by atoms with van der Waals surface area (Å²) in [6, 6.07) is 0.761. The molecule has 0 bridgehead atoms. The van der Waals surface area contributed by atoms with Gasteiger partial charge in [-0.2, -0.15) is 4.31 Å². The van der Waals surface area contributed by atoms with E-state index in [1.807, 2.05) is 4.90 Å². The van der Waals surface area contributed by atoms with Gasteiger partial charge in [-0.15, -0.1) is 5.10 Å². The highest BCUT2D eigenvalue weighted by molar-refractivity contribution is 7.89. The number of rotatable bonds is 6. The molecule has 198 valence electrons. The molecule has 1 aliphatic carbocycles. The fourth-order valence-electron chi connectivity index (χ4n) is 4.76. The van der Waals surface area contributed by atoms with Crippen molar-refractivity contribution in [2.45, 2.75) is 42.2 Å². The number of hydrogen-bond donors (Lipinski definition) is 1. The summed E-state index contributed by atoms with van der Waals surface area (Å²) >= 11 is 0. The number of aryl methyl sites for hydroxylation is 1. The molecule has 0 unspecified atom stereocenters. The summed E-state index contributed by atoms with van der Waals surface area (Å²) in [4.78, 5) is 14.4. The molecule has 2 aromatic rings. The highest BCUT2D eigenvalue weighted by Gasteiger charge is 2.48. The second kappa shape index (κ2) is 9.67. The third-order valence-corrected chi connectivity index (χ3v) is 8.58. The van der Waals surface area contributed by atoms with Crippen LogP contribution in [0.25, 0.3) is 0 Å². The SMILES string of the molecule is Cn1cc(S(=O)(=O)N2CCN(C3(CNC(=O)c4c(F)cc(F)cc4F)CCC(F)(F)CC3)CC2)nn1. The highest BCUT2D eigenvalue weighted by atomic mass is 32.2. The van der Waals surface area contributed by atoms with Crippen molar-refractivity contribution in [2.24, 2.45) is 7.05 Å². The van der Waals surface area contributed by atoms with E-state index < -0.39 is 63.2 Å². The minimum Gasteiger partial charge on any atom is -0.350 e. The zero-order chi connectivity index (χ0) is 26.3. The number of aromatic nitrogens is 3. The van der Waals surface area contributed by atoms with Gasteiger partial charge in [-0.1, -0.05) is 5.21 Å². The predicted molar refractivity (Wildman–Crippen MR) is 116 cm³/mol. The number of hydrogen-bond acceptors (Lipinski definition) is 6. The summed E-state index contributed by atoms with van der Waals surface area (Å²) < 4.78 is 97.5. The number of piperazine rings is 1. The van der Waals surface area contributed by atoms with Gasteiger partial charge in [0.25, 0.3) is 15.9 Å². The minimum atomic E-state index is -3.90. The number of benzene rings is 1. The van der Waals surface area contributed by atoms with Crippen molar-refractivity contribution in [2.75, 3.05) is 32.7 Å². The maximum absolute atomic E-state index is 14.1. The molecule has 36 heavy (non-hydrogen) atoms. The van der Waals surface area contributed by atoms with E-state index in [9.17, 15) is 35.2 Å². The summed E-state index contributed by atoms with van der Waals surface area (Å²) in [7, 11) is -2.37. The summed E-state index contributed by atoms with van der Waals surface area (Å²) in [5, 5.41) is 9.51. The molecule has 15 heteroatoms. The van der Waals surface area contributed by atoms with E-state index in [4.69, 9.17) is 0 Å². The zero-order valence-electron chi connectivity index (χ0n) is 19.4. The molecule has 1 saturated heterocycles. The minimum absolute atomic E-state index is 0.0222. The zero-order valence-corrected chi connectivity index (χ0v) is 20.2. The van der Waals surface area contributed by atoms with Gasteiger partial charge in [-0.3, -0.25) is 14.4 Å². The van der Waals surface area contributed by atoms with Crippen molar-refractivity contribution in [3.63, 3.8) is 0 Å². The average molecular weight is 537 g/mol. The summed E-state index contributed by atoms with van der Waals surface area (Å²) in [6.07, 6.45) is 0.313. The van der Waals surface area contributed by atoms with E-state index in [-0.39, 0.29) is 50.6 Å². The number of alkyl halides is 2. The molecule has 2 fully saturated rings. The molecule has 1 aromatic carbocycles. The summed E-state index contributed by atoms with van der Waals surface area (Å²) in [5.74, 6) is -7.96. The Hall–Kier alpha value is -2.65. The second-order valence-electron chi connectivity index (χ2n) is 9.13. The van der Waals surface area contributed by atoms with Crippen molar-refractivity contribution >= 4 is 15.9 Å². The van der Waals surface area contributed by atoms with Crippen molar-refractivity contribution in [3.8, 4) is 0 Å². The topological polar surface area (TPSA) is 100 Å². The Morgan fingerprint density at radius 1 is 1.03 bits per heavy atom. The van der Waals surface area contributed by atoms with Crippen molar-refractivity contribution in [1.82, 2.24) is 29.5 Å². The van der Waals surface area contributed by atoms with Gasteiger partial charge in [-0.25, -0.2) is 30.4 Å². The molecule has 4 rings (SSSR count). The van der Waals surface area contributed by atoms with Crippen LogP contribution in [0.4, 0.5) is 22.0 Å². The third-order valence-electron chi connectivity index (χ3n) is 6.82. The quantitative estimate of drug-likeness (QED) is 0.567. The molecule has 0 atom stereocenters. The fraction of sp³-hybridized carbons (Fsp3) is 0.571. The molecular formula is C21H25F5N6O3S. The van der Waals surface area contributed by atoms with Gasteiger partial charge in [0.1, 0.15) is 23.0 Å². The molecule has 2 heterocycles. The second-order valence-corrected chi connectivity index (χ2v) is 11.0. The lowest BCUT2D eigenvalue weighted by atomic mass is 9.78. The number of sulfonamides is 1. The molecule has 0 spiro atoms. The van der Waals surface area contributed by atoms with Crippen LogP contribution in [0.1, 0.15) is 36.0 Å². The molecule has 1 aromatic heterocycles. The van der Waals surface area contributed by atoms with Crippen LogP contribution in [0, 0.1) is 17.5 Å². The standard InChI is InChI=1S/C21H25F5N6O3S/c1-30-12-17(28-29-30)36(34,35)32-8-6-31(7-9-32)20(2-4-21(25,26)5-3-20)13-27-19(33)18-15(23)10-14(22)11-16(18)24/h10-12H,2-9,13H2,1H3,(H,27,33). The maximum atomic E-state index is 14.1. The molecule has 2 aliphatic rings. The number of nitrogens with one attached hydrogen (secondary N) is 1. The van der Waals surface area contributed by atoms with Crippen LogP contribution in [0.5, 0.6) is 0 Å². The Labute approximate surface area is 204 Å². The third kappa shape index (κ3) is 5.22. The average Bonchev–Trinajstić information content (AvgIpc) is 3.25. The Bertz CT molecular complexity index is 1210. The van der Waals surface area contributed by atoms with Crippen LogP contribution in [0.2, 0.25) is 0 Å². The summed E-state index contributed by atoms with van der Waals surface area (Å²) in [5.41, 5.74) is -1.94. The molecule has 1 N–H and O–H groups in total. The monoisotopic (exact) mass is 536 g/mol. The smallest absolute Gasteiger partial charge is 0.264 e. The lowest BCUT2D eigenvalue weighted by Gasteiger charge is -2.50. The van der Waals surface area contributed by atoms with Crippen molar-refractivity contribution < 1.29 is 35.2 Å². The largest absolute Gasteiger partial charge is 0.350 e. The van der Waals surface area contributed by atoms with Gasteiger partial charge >= 0.3 is 0 Å². The summed E-state index contributed by atoms with van der Waals surface area (Å²) in [6.45, 7) is 0.258. The van der Waals surface area contributed by atoms with E-state index in [0.29, 0.717) is 12.1 Å². The van der Waals surface area contributed by atoms with Gasteiger partial charge in [-0.05, 0) is 12.8 Å². The molecule has 1 saturated carbocycles. The first-order valence-electron chi connectivity index (χ1n) is 11.3. The van der Waals surface area contributed by atoms with Crippen LogP contribution in [-0.4, -0.2) is 82.7 Å². The molecule has 0 radical (unpaired) electrons. The Morgan fingerprint density at radius 2 is 1.61 bits per heavy atom. The molecular weight excluding hydrogens is 511 g/mol. The van der Waals surface area contributed by atoms with Gasteiger partial charge < -0.3 is 5.32 Å². The first-order valence-corrected chi connectivity index (χ1v) is 12.7. The lowest BCUT2D eigenvalue weighted by molar-refractivity contribution is -0.0856. The van der Waals surface area contributed by atoms with Crippen molar-refractivity contribution in [3.05, 3.63) is 41.3 Å². The van der Waals surface area contributed by atoms with E-state index >= 15 is 0 Å². The predicted octanol–water partition coefficient (Wildman–Crippen LogP) is 1.92. The van der Waals surface area contributed by atoms with Crippen LogP contribution < -0.4 is 5.32 Å². The van der Waals surface area contributed by atoms with Crippen LogP contribution in [0.3, 0.4) is 0 Å². The molecule has 1 amide bonds. The fourth-order valence-corrected chi connectivity index (χ4v) is 6.09. The number of carbonyl (C=O) groups excluding carboxylic acids is 1. The lowest BCUT2D eigenvalue weighted by Crippen LogP contribution is -2.63. The van der Waals surface area contributed by atoms with Crippen LogP contribution >= 0.6 is 0 Å². The first kappa shape index (κ1) is 26.4. The van der Waals surface area contributed by atoms with E-state index in [1.165, 1.54) is 22.2 Å². The van der Waals surface area contributed by atoms with Crippen molar-refractivity contribution in [1.29, 1.82) is 0 Å². The Kier molecular flexibility index (Phi) is 7.09. The normalized spacial score (nSPS) is 20.8. The van der Waals surface area contributed by atoms with Gasteiger partial charge in [0.15, 0.2) is 0 Å². The van der Waals surface area contributed by atoms with E-state index in [0.717, 1.165) is 0 Å². The van der Waals surface area contributed by atoms with E-state index in [1.54, 1.807) is 0 Å². The Morgan fingerprint density at radius 3 is 2.14 bits per heavy atom. The first-order chi connectivity index (χ1) is 16.8. The van der Waals surface area contributed by atoms with Crippen LogP contribution in [0.15, 0.2) is 23.4 Å². The molecule has 1 aliphatic heterocycles. The molecule has 9 nitrogen and oxygen atoms in total. The number of nitrogens with zero attached hydrogens (tertiary/aromatic N) is 5. The maximum Gasteiger partial charge on any atom is 0.264 e. The number of amides is 1. The van der Waals surface area contributed by atoms with Gasteiger partial charge in [0.05, 0.1) is 6.20 Å². The van der Waals surface area contributed by atoms with Gasteiger partial charge in [0, 0.05) is 70.3 Å². The number of halogens is 5. The van der Waals surface area contributed by atoms with E-state index in [2.05, 4.69) is 15.6 Å². The van der Waals surface area contributed by atoms with Gasteiger partial charge in [0.2, 0.25) is 10.9 Å². The van der Waals surface area contributed by atoms with Crippen LogP contribution in [-0.2, 0) is 17.1 Å².